The molecule has 0 saturated carbocycles. The van der Waals surface area contributed by atoms with Crippen LogP contribution in [0.25, 0.3) is 33.4 Å². The highest BCUT2D eigenvalue weighted by atomic mass is 79.9. The number of aromatic nitrogens is 2. The number of benzene rings is 4. The van der Waals surface area contributed by atoms with E-state index in [4.69, 9.17) is 24.2 Å². The Kier molecular flexibility index (Phi) is 9.04. The van der Waals surface area contributed by atoms with Gasteiger partial charge >= 0.3 is 5.97 Å². The van der Waals surface area contributed by atoms with E-state index in [0.717, 1.165) is 43.4 Å². The molecule has 0 spiro atoms. The molecule has 1 aromatic heterocycles. The summed E-state index contributed by atoms with van der Waals surface area (Å²) >= 11 is 3.47. The lowest BCUT2D eigenvalue weighted by atomic mass is 10.1. The number of carbonyl (C=O) groups is 1. The van der Waals surface area contributed by atoms with E-state index in [1.165, 1.54) is 0 Å². The largest absolute Gasteiger partial charge is 0.494 e. The van der Waals surface area contributed by atoms with Crippen LogP contribution in [0.1, 0.15) is 25.3 Å². The molecule has 0 radical (unpaired) electrons. The number of nitrogens with zero attached hydrogens (tertiary/aromatic N) is 2. The van der Waals surface area contributed by atoms with Crippen LogP contribution in [0, 0.1) is 0 Å². The monoisotopic (exact) mass is 596 g/mol. The minimum atomic E-state index is -0.197. The van der Waals surface area contributed by atoms with Gasteiger partial charge in [0.1, 0.15) is 12.4 Å². The lowest BCUT2D eigenvalue weighted by Gasteiger charge is -2.11. The van der Waals surface area contributed by atoms with Crippen LogP contribution >= 0.6 is 15.9 Å². The van der Waals surface area contributed by atoms with Crippen molar-refractivity contribution in [1.29, 1.82) is 0 Å². The molecule has 1 heterocycles. The number of fused-ring (bicyclic) bond motifs is 1. The fourth-order valence-corrected chi connectivity index (χ4v) is 4.48. The second-order valence-corrected chi connectivity index (χ2v) is 10.1. The van der Waals surface area contributed by atoms with Crippen LogP contribution in [0.5, 0.6) is 11.6 Å². The molecule has 0 aliphatic rings. The second kappa shape index (κ2) is 13.2. The van der Waals surface area contributed by atoms with Gasteiger partial charge in [0.15, 0.2) is 5.82 Å². The van der Waals surface area contributed by atoms with Crippen LogP contribution in [-0.4, -0.2) is 29.2 Å². The first-order chi connectivity index (χ1) is 19.6. The van der Waals surface area contributed by atoms with Crippen molar-refractivity contribution in [2.75, 3.05) is 13.2 Å². The third-order valence-corrected chi connectivity index (χ3v) is 6.77. The van der Waals surface area contributed by atoms with E-state index in [1.807, 2.05) is 91.0 Å². The highest BCUT2D eigenvalue weighted by Crippen LogP contribution is 2.29. The Bertz CT molecular complexity index is 1590. The Hall–Kier alpha value is -4.23. The van der Waals surface area contributed by atoms with E-state index >= 15 is 0 Å². The van der Waals surface area contributed by atoms with Gasteiger partial charge in [0.25, 0.3) is 0 Å². The molecule has 5 aromatic rings. The van der Waals surface area contributed by atoms with E-state index < -0.39 is 0 Å². The van der Waals surface area contributed by atoms with Crippen molar-refractivity contribution in [2.24, 2.45) is 0 Å². The quantitative estimate of drug-likeness (QED) is 0.113. The third kappa shape index (κ3) is 7.24. The topological polar surface area (TPSA) is 70.5 Å². The molecule has 0 N–H and O–H groups in total. The first-order valence-electron chi connectivity index (χ1n) is 13.2. The second-order valence-electron chi connectivity index (χ2n) is 9.18. The summed E-state index contributed by atoms with van der Waals surface area (Å²) in [5.41, 5.74) is 3.73. The van der Waals surface area contributed by atoms with E-state index in [1.54, 1.807) is 6.92 Å². The van der Waals surface area contributed by atoms with Gasteiger partial charge in [0.05, 0.1) is 18.9 Å². The van der Waals surface area contributed by atoms with Crippen LogP contribution in [-0.2, 0) is 16.1 Å². The molecule has 7 heteroatoms. The zero-order valence-corrected chi connectivity index (χ0v) is 23.8. The Morgan fingerprint density at radius 1 is 0.800 bits per heavy atom. The van der Waals surface area contributed by atoms with E-state index in [2.05, 4.69) is 22.0 Å². The third-order valence-electron chi connectivity index (χ3n) is 6.24. The molecule has 202 valence electrons. The average molecular weight is 598 g/mol. The first kappa shape index (κ1) is 27.3. The molecule has 40 heavy (non-hydrogen) atoms. The SMILES string of the molecule is CCOC(=O)CCCOc1ccc2cc(-c3nc(OCc4ccc(Br)cc4)cc(-c4ccccc4)n3)ccc2c1. The van der Waals surface area contributed by atoms with Crippen molar-refractivity contribution in [3.63, 3.8) is 0 Å². The minimum absolute atomic E-state index is 0.197. The molecular weight excluding hydrogens is 568 g/mol. The predicted octanol–water partition coefficient (Wildman–Crippen LogP) is 8.03. The highest BCUT2D eigenvalue weighted by molar-refractivity contribution is 9.10. The molecule has 0 fully saturated rings. The van der Waals surface area contributed by atoms with Crippen molar-refractivity contribution in [3.05, 3.63) is 107 Å². The summed E-state index contributed by atoms with van der Waals surface area (Å²) < 4.78 is 18.0. The lowest BCUT2D eigenvalue weighted by Crippen LogP contribution is -2.06. The average Bonchev–Trinajstić information content (AvgIpc) is 2.99. The van der Waals surface area contributed by atoms with Gasteiger partial charge in [0, 0.05) is 28.1 Å². The summed E-state index contributed by atoms with van der Waals surface area (Å²) in [6, 6.07) is 32.0. The maximum absolute atomic E-state index is 11.5. The van der Waals surface area contributed by atoms with Crippen LogP contribution in [0.4, 0.5) is 0 Å². The summed E-state index contributed by atoms with van der Waals surface area (Å²) in [6.45, 7) is 3.05. The van der Waals surface area contributed by atoms with E-state index in [9.17, 15) is 4.79 Å². The van der Waals surface area contributed by atoms with Gasteiger partial charge in [0.2, 0.25) is 5.88 Å². The molecule has 0 amide bonds. The molecule has 4 aromatic carbocycles. The number of hydrogen-bond acceptors (Lipinski definition) is 6. The fraction of sp³-hybridized carbons (Fsp3) is 0.182. The van der Waals surface area contributed by atoms with Crippen molar-refractivity contribution in [1.82, 2.24) is 9.97 Å². The molecule has 0 atom stereocenters. The van der Waals surface area contributed by atoms with E-state index in [0.29, 0.717) is 44.4 Å². The maximum Gasteiger partial charge on any atom is 0.305 e. The zero-order valence-electron chi connectivity index (χ0n) is 22.2. The fourth-order valence-electron chi connectivity index (χ4n) is 4.22. The highest BCUT2D eigenvalue weighted by Gasteiger charge is 2.11. The van der Waals surface area contributed by atoms with Gasteiger partial charge in [-0.15, -0.1) is 0 Å². The van der Waals surface area contributed by atoms with Gasteiger partial charge in [-0.05, 0) is 60.0 Å². The zero-order chi connectivity index (χ0) is 27.7. The number of ether oxygens (including phenoxy) is 3. The Balaban J connectivity index is 1.36. The number of halogens is 1. The predicted molar refractivity (Wildman–Crippen MR) is 160 cm³/mol. The summed E-state index contributed by atoms with van der Waals surface area (Å²) in [5, 5.41) is 2.08. The molecule has 0 saturated heterocycles. The summed E-state index contributed by atoms with van der Waals surface area (Å²) in [6.07, 6.45) is 0.957. The first-order valence-corrected chi connectivity index (χ1v) is 14.0. The van der Waals surface area contributed by atoms with Crippen molar-refractivity contribution < 1.29 is 19.0 Å². The van der Waals surface area contributed by atoms with Gasteiger partial charge in [-0.1, -0.05) is 76.6 Å². The van der Waals surface area contributed by atoms with E-state index in [-0.39, 0.29) is 5.97 Å². The van der Waals surface area contributed by atoms with Crippen molar-refractivity contribution in [2.45, 2.75) is 26.4 Å². The molecule has 0 bridgehead atoms. The molecule has 6 nitrogen and oxygen atoms in total. The molecule has 5 rings (SSSR count). The number of rotatable bonds is 11. The van der Waals surface area contributed by atoms with Gasteiger partial charge < -0.3 is 14.2 Å². The molecule has 0 aliphatic heterocycles. The number of hydrogen-bond donors (Lipinski definition) is 0. The lowest BCUT2D eigenvalue weighted by molar-refractivity contribution is -0.143. The van der Waals surface area contributed by atoms with Crippen LogP contribution in [0.3, 0.4) is 0 Å². The molecular formula is C33H29BrN2O4. The summed E-state index contributed by atoms with van der Waals surface area (Å²) in [5.74, 6) is 1.67. The normalized spacial score (nSPS) is 10.8. The van der Waals surface area contributed by atoms with Gasteiger partial charge in [-0.3, -0.25) is 4.79 Å². The van der Waals surface area contributed by atoms with Gasteiger partial charge in [-0.25, -0.2) is 4.98 Å². The maximum atomic E-state index is 11.5. The molecule has 0 aliphatic carbocycles. The van der Waals surface area contributed by atoms with Crippen LogP contribution in [0.15, 0.2) is 102 Å². The number of esters is 1. The summed E-state index contributed by atoms with van der Waals surface area (Å²) in [7, 11) is 0. The van der Waals surface area contributed by atoms with Crippen molar-refractivity contribution in [3.8, 4) is 34.3 Å². The Morgan fingerprint density at radius 3 is 2.38 bits per heavy atom. The minimum Gasteiger partial charge on any atom is -0.494 e. The van der Waals surface area contributed by atoms with Gasteiger partial charge in [-0.2, -0.15) is 4.98 Å². The Morgan fingerprint density at radius 2 is 1.57 bits per heavy atom. The standard InChI is InChI=1S/C33H29BrN2O4/c1-2-38-32(37)9-6-18-39-29-17-14-25-19-27(13-12-26(25)20-29)33-35-30(24-7-4-3-5-8-24)21-31(36-33)40-22-23-10-15-28(34)16-11-23/h3-5,7-8,10-17,19-21H,2,6,9,18,22H2,1H3. The smallest absolute Gasteiger partial charge is 0.305 e. The van der Waals surface area contributed by atoms with Crippen molar-refractivity contribution >= 4 is 32.7 Å². The van der Waals surface area contributed by atoms with Crippen LogP contribution < -0.4 is 9.47 Å². The number of carbonyl (C=O) groups excluding carboxylic acids is 1. The Labute approximate surface area is 242 Å². The summed E-state index contributed by atoms with van der Waals surface area (Å²) in [4.78, 5) is 21.2. The molecule has 0 unspecified atom stereocenters. The van der Waals surface area contributed by atoms with Crippen LogP contribution in [0.2, 0.25) is 0 Å².